The number of carbonyl (C=O) groups is 3. The third kappa shape index (κ3) is 67.3. The van der Waals surface area contributed by atoms with Crippen LogP contribution in [-0.2, 0) is 28.6 Å². The summed E-state index contributed by atoms with van der Waals surface area (Å²) in [6.07, 6.45) is 91.7. The Morgan fingerprint density at radius 2 is 0.481 bits per heavy atom. The standard InChI is InChI=1S/C75H132O6/c1-4-7-10-13-16-19-22-25-28-31-34-36-37-39-41-44-47-50-53-56-59-62-65-68-74(77)80-71-72(70-79-73(76)67-64-61-58-55-52-49-46-43-40-33-30-27-24-21-18-15-12-9-6-3)81-75(78)69-66-63-60-57-54-51-48-45-42-38-35-32-29-26-23-20-17-14-11-8-5-2/h8,11,17-18,20-21,26-27,29-30,35,38,40,43,72H,4-7,9-10,12-16,19,22-25,28,31-34,36-37,39,41-42,44-71H2,1-3H3/b11-8-,20-17-,21-18-,29-26-,30-27-,38-35-,43-40-. The maximum Gasteiger partial charge on any atom is 0.306 e. The van der Waals surface area contributed by atoms with Gasteiger partial charge in [-0.05, 0) is 96.3 Å². The monoisotopic (exact) mass is 1130 g/mol. The van der Waals surface area contributed by atoms with Gasteiger partial charge in [0.25, 0.3) is 0 Å². The van der Waals surface area contributed by atoms with E-state index in [1.807, 2.05) is 0 Å². The van der Waals surface area contributed by atoms with Crippen LogP contribution in [0.4, 0.5) is 0 Å². The summed E-state index contributed by atoms with van der Waals surface area (Å²) in [6, 6.07) is 0. The molecule has 0 bridgehead atoms. The fraction of sp³-hybridized carbons (Fsp3) is 0.773. The normalized spacial score (nSPS) is 12.6. The Bertz CT molecular complexity index is 1530. The van der Waals surface area contributed by atoms with Crippen LogP contribution in [-0.4, -0.2) is 37.2 Å². The largest absolute Gasteiger partial charge is 0.462 e. The lowest BCUT2D eigenvalue weighted by molar-refractivity contribution is -0.167. The molecule has 0 aromatic heterocycles. The second-order valence-electron chi connectivity index (χ2n) is 23.4. The third-order valence-electron chi connectivity index (χ3n) is 15.4. The molecule has 6 nitrogen and oxygen atoms in total. The van der Waals surface area contributed by atoms with Crippen molar-refractivity contribution in [3.05, 3.63) is 85.1 Å². The van der Waals surface area contributed by atoms with Gasteiger partial charge in [0.2, 0.25) is 0 Å². The van der Waals surface area contributed by atoms with Gasteiger partial charge in [0.05, 0.1) is 0 Å². The Balaban J connectivity index is 4.38. The van der Waals surface area contributed by atoms with Gasteiger partial charge in [-0.3, -0.25) is 14.4 Å². The van der Waals surface area contributed by atoms with Crippen molar-refractivity contribution in [2.45, 2.75) is 361 Å². The van der Waals surface area contributed by atoms with E-state index in [0.717, 1.165) is 109 Å². The number of carbonyl (C=O) groups excluding carboxylic acids is 3. The van der Waals surface area contributed by atoms with E-state index in [2.05, 4.69) is 106 Å². The number of hydrogen-bond acceptors (Lipinski definition) is 6. The summed E-state index contributed by atoms with van der Waals surface area (Å²) in [5, 5.41) is 0. The highest BCUT2D eigenvalue weighted by molar-refractivity contribution is 5.71. The van der Waals surface area contributed by atoms with Crippen molar-refractivity contribution in [3.8, 4) is 0 Å². The number of esters is 3. The summed E-state index contributed by atoms with van der Waals surface area (Å²) in [6.45, 7) is 6.54. The van der Waals surface area contributed by atoms with Crippen LogP contribution < -0.4 is 0 Å². The van der Waals surface area contributed by atoms with E-state index in [1.165, 1.54) is 205 Å². The highest BCUT2D eigenvalue weighted by Crippen LogP contribution is 2.18. The van der Waals surface area contributed by atoms with Crippen LogP contribution in [0.3, 0.4) is 0 Å². The number of allylic oxidation sites excluding steroid dienone is 14. The summed E-state index contributed by atoms with van der Waals surface area (Å²) in [4.78, 5) is 38.5. The Labute approximate surface area is 503 Å². The van der Waals surface area contributed by atoms with Gasteiger partial charge in [-0.2, -0.15) is 0 Å². The van der Waals surface area contributed by atoms with Crippen molar-refractivity contribution in [3.63, 3.8) is 0 Å². The number of hydrogen-bond donors (Lipinski definition) is 0. The summed E-state index contributed by atoms with van der Waals surface area (Å²) < 4.78 is 17.0. The predicted octanol–water partition coefficient (Wildman–Crippen LogP) is 24.2. The molecule has 1 unspecified atom stereocenters. The lowest BCUT2D eigenvalue weighted by Gasteiger charge is -2.18. The highest BCUT2D eigenvalue weighted by Gasteiger charge is 2.19. The number of unbranched alkanes of at least 4 members (excludes halogenated alkanes) is 39. The molecule has 0 aromatic rings. The maximum absolute atomic E-state index is 13.0. The molecule has 0 spiro atoms. The van der Waals surface area contributed by atoms with E-state index in [0.29, 0.717) is 19.3 Å². The molecule has 0 saturated heterocycles. The fourth-order valence-electron chi connectivity index (χ4n) is 10.2. The van der Waals surface area contributed by atoms with Crippen molar-refractivity contribution in [2.75, 3.05) is 13.2 Å². The molecule has 0 amide bonds. The van der Waals surface area contributed by atoms with Crippen LogP contribution in [0.1, 0.15) is 355 Å². The molecule has 1 atom stereocenters. The Kier molecular flexibility index (Phi) is 66.2. The molecule has 0 heterocycles. The van der Waals surface area contributed by atoms with Crippen molar-refractivity contribution in [1.82, 2.24) is 0 Å². The molecule has 0 aliphatic carbocycles. The van der Waals surface area contributed by atoms with Crippen molar-refractivity contribution in [1.29, 1.82) is 0 Å². The highest BCUT2D eigenvalue weighted by atomic mass is 16.6. The van der Waals surface area contributed by atoms with Gasteiger partial charge in [-0.15, -0.1) is 0 Å². The Morgan fingerprint density at radius 1 is 0.259 bits per heavy atom. The summed E-state index contributed by atoms with van der Waals surface area (Å²) in [7, 11) is 0. The Hall–Kier alpha value is -3.41. The second-order valence-corrected chi connectivity index (χ2v) is 23.4. The molecule has 0 saturated carbocycles. The fourth-order valence-corrected chi connectivity index (χ4v) is 10.2. The number of rotatable bonds is 64. The first kappa shape index (κ1) is 77.6. The van der Waals surface area contributed by atoms with Crippen molar-refractivity contribution < 1.29 is 28.6 Å². The van der Waals surface area contributed by atoms with E-state index in [-0.39, 0.29) is 31.1 Å². The van der Waals surface area contributed by atoms with Crippen LogP contribution >= 0.6 is 0 Å². The topological polar surface area (TPSA) is 78.9 Å². The van der Waals surface area contributed by atoms with Crippen LogP contribution in [0.5, 0.6) is 0 Å². The molecule has 81 heavy (non-hydrogen) atoms. The van der Waals surface area contributed by atoms with Crippen molar-refractivity contribution >= 4 is 17.9 Å². The average molecular weight is 1130 g/mol. The third-order valence-corrected chi connectivity index (χ3v) is 15.4. The molecule has 0 fully saturated rings. The second kappa shape index (κ2) is 69.1. The van der Waals surface area contributed by atoms with Gasteiger partial charge in [-0.1, -0.05) is 324 Å². The van der Waals surface area contributed by atoms with Crippen LogP contribution in [0.2, 0.25) is 0 Å². The first-order chi connectivity index (χ1) is 40.0. The first-order valence-corrected chi connectivity index (χ1v) is 35.1. The molecule has 0 rings (SSSR count). The van der Waals surface area contributed by atoms with Gasteiger partial charge in [0.1, 0.15) is 13.2 Å². The minimum atomic E-state index is -0.788. The van der Waals surface area contributed by atoms with Crippen molar-refractivity contribution in [2.24, 2.45) is 0 Å². The van der Waals surface area contributed by atoms with Gasteiger partial charge in [0, 0.05) is 19.3 Å². The summed E-state index contributed by atoms with van der Waals surface area (Å²) in [5.41, 5.74) is 0. The molecule has 0 aliphatic heterocycles. The van der Waals surface area contributed by atoms with Gasteiger partial charge >= 0.3 is 17.9 Å². The van der Waals surface area contributed by atoms with E-state index in [4.69, 9.17) is 14.2 Å². The molecule has 0 N–H and O–H groups in total. The molecular weight excluding hydrogens is 997 g/mol. The average Bonchev–Trinajstić information content (AvgIpc) is 3.47. The molecule has 468 valence electrons. The smallest absolute Gasteiger partial charge is 0.306 e. The van der Waals surface area contributed by atoms with Gasteiger partial charge < -0.3 is 14.2 Å². The van der Waals surface area contributed by atoms with Crippen LogP contribution in [0.15, 0.2) is 85.1 Å². The molecule has 0 aliphatic rings. The van der Waals surface area contributed by atoms with E-state index in [9.17, 15) is 14.4 Å². The van der Waals surface area contributed by atoms with E-state index < -0.39 is 6.10 Å². The zero-order chi connectivity index (χ0) is 58.5. The quantitative estimate of drug-likeness (QED) is 0.0261. The molecular formula is C75H132O6. The minimum absolute atomic E-state index is 0.0811. The SMILES string of the molecule is CC/C=C\C/C=C\C/C=C\C/C=C\CCCCCCCCCCC(=O)OC(COC(=O)CCCCCCCC/C=C\C/C=C\C/C=C\CCCCC)COC(=O)CCCCCCCCCCCCCCCCCCCCCCCCC. The zero-order valence-electron chi connectivity index (χ0n) is 53.8. The number of ether oxygens (including phenoxy) is 3. The molecule has 6 heteroatoms. The lowest BCUT2D eigenvalue weighted by atomic mass is 10.0. The van der Waals surface area contributed by atoms with Crippen LogP contribution in [0.25, 0.3) is 0 Å². The van der Waals surface area contributed by atoms with Gasteiger partial charge in [0.15, 0.2) is 6.10 Å². The Morgan fingerprint density at radius 3 is 0.778 bits per heavy atom. The van der Waals surface area contributed by atoms with Gasteiger partial charge in [-0.25, -0.2) is 0 Å². The van der Waals surface area contributed by atoms with E-state index in [1.54, 1.807) is 0 Å². The lowest BCUT2D eigenvalue weighted by Crippen LogP contribution is -2.30. The van der Waals surface area contributed by atoms with Crippen LogP contribution in [0, 0.1) is 0 Å². The summed E-state index contributed by atoms with van der Waals surface area (Å²) >= 11 is 0. The molecule has 0 radical (unpaired) electrons. The molecule has 0 aromatic carbocycles. The first-order valence-electron chi connectivity index (χ1n) is 35.1. The zero-order valence-corrected chi connectivity index (χ0v) is 53.8. The maximum atomic E-state index is 13.0. The summed E-state index contributed by atoms with van der Waals surface area (Å²) in [5.74, 6) is -0.883. The van der Waals surface area contributed by atoms with E-state index >= 15 is 0 Å². The predicted molar refractivity (Wildman–Crippen MR) is 353 cm³/mol. The minimum Gasteiger partial charge on any atom is -0.462 e.